The number of carbonyl (C=O) groups excluding carboxylic acids is 2. The quantitative estimate of drug-likeness (QED) is 0.594. The van der Waals surface area contributed by atoms with Gasteiger partial charge in [0, 0.05) is 12.1 Å². The van der Waals surface area contributed by atoms with Gasteiger partial charge in [0.2, 0.25) is 0 Å². The van der Waals surface area contributed by atoms with Crippen LogP contribution in [-0.4, -0.2) is 53.6 Å². The van der Waals surface area contributed by atoms with E-state index in [1.54, 1.807) is 27.7 Å². The molecule has 0 aromatic carbocycles. The smallest absolute Gasteiger partial charge is 0.408 e. The van der Waals surface area contributed by atoms with E-state index in [9.17, 15) is 14.7 Å². The fraction of sp³-hybridized carbons (Fsp3) is 0.895. The normalized spacial score (nSPS) is 24.4. The molecule has 0 bridgehead atoms. The second-order valence-corrected chi connectivity index (χ2v) is 9.35. The van der Waals surface area contributed by atoms with Crippen molar-refractivity contribution in [3.05, 3.63) is 0 Å². The van der Waals surface area contributed by atoms with E-state index in [4.69, 9.17) is 9.47 Å². The second kappa shape index (κ2) is 8.57. The van der Waals surface area contributed by atoms with Crippen molar-refractivity contribution in [3.8, 4) is 0 Å². The van der Waals surface area contributed by atoms with Crippen LogP contribution < -0.4 is 10.6 Å². The summed E-state index contributed by atoms with van der Waals surface area (Å²) in [5, 5.41) is 15.7. The molecule has 3 N–H and O–H groups in total. The number of ether oxygens (including phenoxy) is 2. The highest BCUT2D eigenvalue weighted by Crippen LogP contribution is 2.35. The first kappa shape index (κ1) is 22.7. The lowest BCUT2D eigenvalue weighted by atomic mass is 9.72. The van der Waals surface area contributed by atoms with Crippen molar-refractivity contribution in [2.45, 2.75) is 91.0 Å². The van der Waals surface area contributed by atoms with Gasteiger partial charge in [-0.05, 0) is 52.4 Å². The van der Waals surface area contributed by atoms with E-state index in [-0.39, 0.29) is 30.7 Å². The van der Waals surface area contributed by atoms with Gasteiger partial charge in [0.25, 0.3) is 0 Å². The van der Waals surface area contributed by atoms with Gasteiger partial charge < -0.3 is 25.2 Å². The topological polar surface area (TPSA) is 96.9 Å². The summed E-state index contributed by atoms with van der Waals surface area (Å²) in [7, 11) is 0. The molecule has 1 aliphatic rings. The maximum Gasteiger partial charge on any atom is 0.408 e. The molecule has 1 unspecified atom stereocenters. The van der Waals surface area contributed by atoms with Gasteiger partial charge in [0.05, 0.1) is 13.2 Å². The number of nitrogens with one attached hydrogen (secondary N) is 2. The summed E-state index contributed by atoms with van der Waals surface area (Å²) in [6.45, 7) is 13.7. The Balaban J connectivity index is 2.72. The zero-order valence-corrected chi connectivity index (χ0v) is 17.3. The van der Waals surface area contributed by atoms with Crippen LogP contribution in [0, 0.1) is 5.41 Å². The second-order valence-electron chi connectivity index (χ2n) is 9.35. The van der Waals surface area contributed by atoms with E-state index in [1.165, 1.54) is 0 Å². The van der Waals surface area contributed by atoms with E-state index in [2.05, 4.69) is 31.4 Å². The van der Waals surface area contributed by atoms with Crippen LogP contribution in [0.1, 0.15) is 67.7 Å². The summed E-state index contributed by atoms with van der Waals surface area (Å²) < 4.78 is 10.4. The number of rotatable bonds is 7. The van der Waals surface area contributed by atoms with Crippen LogP contribution in [0.25, 0.3) is 0 Å². The lowest BCUT2D eigenvalue weighted by Gasteiger charge is -2.47. The Kier molecular flexibility index (Phi) is 7.48. The van der Waals surface area contributed by atoms with Crippen LogP contribution in [-0.2, 0) is 14.3 Å². The van der Waals surface area contributed by atoms with Gasteiger partial charge in [-0.25, -0.2) is 9.59 Å². The van der Waals surface area contributed by atoms with Crippen LogP contribution in [0.5, 0.6) is 0 Å². The first-order chi connectivity index (χ1) is 11.8. The molecule has 1 amide bonds. The monoisotopic (exact) mass is 372 g/mol. The molecule has 0 aromatic rings. The third-order valence-corrected chi connectivity index (χ3v) is 4.15. The molecule has 26 heavy (non-hydrogen) atoms. The minimum atomic E-state index is -1.07. The number of alkyl carbamates (subject to hydrolysis) is 1. The number of aliphatic hydroxyl groups excluding tert-OH is 1. The van der Waals surface area contributed by atoms with E-state index in [0.29, 0.717) is 12.8 Å². The Morgan fingerprint density at radius 2 is 1.77 bits per heavy atom. The predicted molar refractivity (Wildman–Crippen MR) is 99.8 cm³/mol. The number of hydrogen-bond acceptors (Lipinski definition) is 6. The SMILES string of the molecule is CCOC(=O)C1(NC(=O)OC(C)(C)C)CC(NC(CO)CC(C)(C)C)C1. The summed E-state index contributed by atoms with van der Waals surface area (Å²) in [4.78, 5) is 24.6. The van der Waals surface area contributed by atoms with Crippen molar-refractivity contribution in [1.29, 1.82) is 0 Å². The number of aliphatic hydroxyl groups is 1. The number of carbonyl (C=O) groups is 2. The first-order valence-electron chi connectivity index (χ1n) is 9.35. The molecule has 1 atom stereocenters. The van der Waals surface area contributed by atoms with E-state index in [0.717, 1.165) is 6.42 Å². The van der Waals surface area contributed by atoms with Crippen LogP contribution in [0.4, 0.5) is 4.79 Å². The molecule has 0 heterocycles. The number of amides is 1. The van der Waals surface area contributed by atoms with Gasteiger partial charge in [-0.2, -0.15) is 0 Å². The van der Waals surface area contributed by atoms with Gasteiger partial charge >= 0.3 is 12.1 Å². The maximum atomic E-state index is 12.4. The Morgan fingerprint density at radius 1 is 1.19 bits per heavy atom. The molecule has 0 saturated heterocycles. The fourth-order valence-corrected chi connectivity index (χ4v) is 3.24. The molecule has 0 aromatic heterocycles. The molecule has 7 nitrogen and oxygen atoms in total. The zero-order chi connectivity index (χ0) is 20.2. The van der Waals surface area contributed by atoms with E-state index < -0.39 is 23.2 Å². The lowest BCUT2D eigenvalue weighted by Crippen LogP contribution is -2.69. The van der Waals surface area contributed by atoms with Crippen molar-refractivity contribution >= 4 is 12.1 Å². The van der Waals surface area contributed by atoms with Crippen molar-refractivity contribution in [1.82, 2.24) is 10.6 Å². The van der Waals surface area contributed by atoms with E-state index >= 15 is 0 Å². The highest BCUT2D eigenvalue weighted by atomic mass is 16.6. The molecular weight excluding hydrogens is 336 g/mol. The fourth-order valence-electron chi connectivity index (χ4n) is 3.24. The van der Waals surface area contributed by atoms with Crippen LogP contribution in [0.2, 0.25) is 0 Å². The molecular formula is C19H36N2O5. The summed E-state index contributed by atoms with van der Waals surface area (Å²) in [5.74, 6) is -0.444. The third-order valence-electron chi connectivity index (χ3n) is 4.15. The highest BCUT2D eigenvalue weighted by Gasteiger charge is 2.53. The molecule has 1 fully saturated rings. The van der Waals surface area contributed by atoms with Crippen molar-refractivity contribution < 1.29 is 24.2 Å². The van der Waals surface area contributed by atoms with Crippen molar-refractivity contribution in [2.24, 2.45) is 5.41 Å². The average Bonchev–Trinajstić information content (AvgIpc) is 2.40. The van der Waals surface area contributed by atoms with Gasteiger partial charge in [-0.3, -0.25) is 0 Å². The molecule has 152 valence electrons. The minimum Gasteiger partial charge on any atom is -0.464 e. The lowest BCUT2D eigenvalue weighted by molar-refractivity contribution is -0.156. The standard InChI is InChI=1S/C19H36N2O5/c1-8-25-15(23)19(21-16(24)26-18(5,6)7)10-13(11-19)20-14(12-22)9-17(2,3)4/h13-14,20,22H,8-12H2,1-7H3,(H,21,24). The molecule has 7 heteroatoms. The van der Waals surface area contributed by atoms with Gasteiger partial charge in [0.15, 0.2) is 0 Å². The highest BCUT2D eigenvalue weighted by molar-refractivity contribution is 5.87. The van der Waals surface area contributed by atoms with Crippen molar-refractivity contribution in [3.63, 3.8) is 0 Å². The van der Waals surface area contributed by atoms with Crippen LogP contribution >= 0.6 is 0 Å². The Morgan fingerprint density at radius 3 is 2.19 bits per heavy atom. The Labute approximate surface area is 157 Å². The first-order valence-corrected chi connectivity index (χ1v) is 9.35. The van der Waals surface area contributed by atoms with Crippen LogP contribution in [0.15, 0.2) is 0 Å². The molecule has 0 spiro atoms. The summed E-state index contributed by atoms with van der Waals surface area (Å²) in [6.07, 6.45) is 1.00. The van der Waals surface area contributed by atoms with Gasteiger partial charge in [0.1, 0.15) is 11.1 Å². The van der Waals surface area contributed by atoms with Gasteiger partial charge in [-0.1, -0.05) is 20.8 Å². The zero-order valence-electron chi connectivity index (χ0n) is 17.3. The molecule has 1 saturated carbocycles. The van der Waals surface area contributed by atoms with Crippen LogP contribution in [0.3, 0.4) is 0 Å². The summed E-state index contributed by atoms with van der Waals surface area (Å²) >= 11 is 0. The summed E-state index contributed by atoms with van der Waals surface area (Å²) in [5.41, 5.74) is -1.63. The summed E-state index contributed by atoms with van der Waals surface area (Å²) in [6, 6.07) is -0.0319. The Bertz CT molecular complexity index is 487. The van der Waals surface area contributed by atoms with Gasteiger partial charge in [-0.15, -0.1) is 0 Å². The molecule has 1 aliphatic carbocycles. The predicted octanol–water partition coefficient (Wildman–Crippen LogP) is 2.36. The average molecular weight is 373 g/mol. The maximum absolute atomic E-state index is 12.4. The number of esters is 1. The number of hydrogen-bond donors (Lipinski definition) is 3. The molecule has 0 aliphatic heterocycles. The minimum absolute atomic E-state index is 0.0221. The largest absolute Gasteiger partial charge is 0.464 e. The third kappa shape index (κ3) is 7.11. The Hall–Kier alpha value is -1.34. The van der Waals surface area contributed by atoms with Crippen molar-refractivity contribution in [2.75, 3.05) is 13.2 Å². The molecule has 0 radical (unpaired) electrons. The molecule has 1 rings (SSSR count). The van der Waals surface area contributed by atoms with E-state index in [1.807, 2.05) is 0 Å².